The van der Waals surface area contributed by atoms with Gasteiger partial charge in [0.2, 0.25) is 0 Å². The predicted molar refractivity (Wildman–Crippen MR) is 68.6 cm³/mol. The highest BCUT2D eigenvalue weighted by Crippen LogP contribution is 2.28. The molecule has 1 saturated heterocycles. The van der Waals surface area contributed by atoms with Gasteiger partial charge in [0.15, 0.2) is 0 Å². The van der Waals surface area contributed by atoms with Gasteiger partial charge in [0.25, 0.3) is 0 Å². The Bertz CT molecular complexity index is 403. The Kier molecular flexibility index (Phi) is 3.87. The molecular weight excluding hydrogens is 230 g/mol. The van der Waals surface area contributed by atoms with Crippen molar-refractivity contribution in [1.29, 1.82) is 0 Å². The molecule has 4 nitrogen and oxygen atoms in total. The number of hydrogen-bond acceptors (Lipinski definition) is 4. The number of para-hydroxylation sites is 1. The number of carbonyl (C=O) groups excluding carboxylic acids is 1. The minimum absolute atomic E-state index is 0.0615. The maximum atomic E-state index is 11.7. The van der Waals surface area contributed by atoms with Crippen LogP contribution >= 0.6 is 0 Å². The summed E-state index contributed by atoms with van der Waals surface area (Å²) in [5, 5.41) is 3.30. The van der Waals surface area contributed by atoms with Crippen LogP contribution in [0.1, 0.15) is 20.3 Å². The Morgan fingerprint density at radius 3 is 2.72 bits per heavy atom. The molecule has 0 saturated carbocycles. The summed E-state index contributed by atoms with van der Waals surface area (Å²) < 4.78 is 10.5. The maximum Gasteiger partial charge on any atom is 0.514 e. The standard InChI is InChI=1S/C14H19NO3/c1-14(2)10-15-9-8-12(14)18-13(16)17-11-6-4-3-5-7-11/h3-7,12,15H,8-10H2,1-2H3. The lowest BCUT2D eigenvalue weighted by atomic mass is 9.82. The molecule has 18 heavy (non-hydrogen) atoms. The smallest absolute Gasteiger partial charge is 0.430 e. The van der Waals surface area contributed by atoms with Crippen molar-refractivity contribution in [3.63, 3.8) is 0 Å². The van der Waals surface area contributed by atoms with Crippen LogP contribution in [0, 0.1) is 5.41 Å². The molecule has 0 spiro atoms. The summed E-state index contributed by atoms with van der Waals surface area (Å²) in [6.45, 7) is 5.88. The van der Waals surface area contributed by atoms with E-state index in [4.69, 9.17) is 9.47 Å². The molecule has 0 radical (unpaired) electrons. The van der Waals surface area contributed by atoms with Crippen LogP contribution in [0.3, 0.4) is 0 Å². The fourth-order valence-electron chi connectivity index (χ4n) is 2.09. The Balaban J connectivity index is 1.91. The van der Waals surface area contributed by atoms with Crippen LogP contribution in [0.15, 0.2) is 30.3 Å². The topological polar surface area (TPSA) is 47.6 Å². The number of carbonyl (C=O) groups is 1. The van der Waals surface area contributed by atoms with Gasteiger partial charge >= 0.3 is 6.16 Å². The molecule has 1 unspecified atom stereocenters. The van der Waals surface area contributed by atoms with Crippen LogP contribution in [0.25, 0.3) is 0 Å². The van der Waals surface area contributed by atoms with Crippen LogP contribution < -0.4 is 10.1 Å². The molecule has 0 aromatic heterocycles. The number of nitrogens with one attached hydrogen (secondary N) is 1. The summed E-state index contributed by atoms with van der Waals surface area (Å²) in [4.78, 5) is 11.7. The molecule has 1 aromatic carbocycles. The van der Waals surface area contributed by atoms with Gasteiger partial charge in [-0.25, -0.2) is 4.79 Å². The number of rotatable bonds is 2. The minimum Gasteiger partial charge on any atom is -0.430 e. The van der Waals surface area contributed by atoms with E-state index < -0.39 is 6.16 Å². The van der Waals surface area contributed by atoms with Crippen molar-refractivity contribution >= 4 is 6.16 Å². The monoisotopic (exact) mass is 249 g/mol. The summed E-state index contributed by atoms with van der Waals surface area (Å²) >= 11 is 0. The molecule has 0 amide bonds. The average Bonchev–Trinajstić information content (AvgIpc) is 2.33. The maximum absolute atomic E-state index is 11.7. The molecule has 1 heterocycles. The Morgan fingerprint density at radius 1 is 1.33 bits per heavy atom. The zero-order chi connectivity index (χ0) is 13.0. The van der Waals surface area contributed by atoms with E-state index in [0.717, 1.165) is 19.5 Å². The molecular formula is C14H19NO3. The quantitative estimate of drug-likeness (QED) is 0.646. The molecule has 1 aliphatic rings. The fraction of sp³-hybridized carbons (Fsp3) is 0.500. The van der Waals surface area contributed by atoms with E-state index in [1.807, 2.05) is 18.2 Å². The second kappa shape index (κ2) is 5.40. The highest BCUT2D eigenvalue weighted by molar-refractivity contribution is 5.64. The van der Waals surface area contributed by atoms with Gasteiger partial charge in [-0.1, -0.05) is 32.0 Å². The summed E-state index contributed by atoms with van der Waals surface area (Å²) in [6.07, 6.45) is 0.0906. The molecule has 0 bridgehead atoms. The van der Waals surface area contributed by atoms with E-state index in [1.165, 1.54) is 0 Å². The molecule has 1 aromatic rings. The Labute approximate surface area is 107 Å². The molecule has 0 aliphatic carbocycles. The molecule has 1 fully saturated rings. The number of hydrogen-bond donors (Lipinski definition) is 1. The molecule has 2 rings (SSSR count). The first-order valence-electron chi connectivity index (χ1n) is 6.22. The summed E-state index contributed by atoms with van der Waals surface area (Å²) in [6, 6.07) is 8.96. The Hall–Kier alpha value is -1.55. The lowest BCUT2D eigenvalue weighted by molar-refractivity contribution is -0.0171. The van der Waals surface area contributed by atoms with Gasteiger partial charge in [0.05, 0.1) is 0 Å². The lowest BCUT2D eigenvalue weighted by Gasteiger charge is -2.37. The second-order valence-corrected chi connectivity index (χ2v) is 5.23. The number of benzene rings is 1. The molecule has 4 heteroatoms. The third kappa shape index (κ3) is 3.23. The molecule has 1 atom stereocenters. The molecule has 1 aliphatic heterocycles. The average molecular weight is 249 g/mol. The number of ether oxygens (including phenoxy) is 2. The molecule has 98 valence electrons. The van der Waals surface area contributed by atoms with Crippen LogP contribution in [-0.2, 0) is 4.74 Å². The summed E-state index contributed by atoms with van der Waals surface area (Å²) in [5.74, 6) is 0.509. The van der Waals surface area contributed by atoms with Gasteiger partial charge in [-0.05, 0) is 25.1 Å². The van der Waals surface area contributed by atoms with Crippen molar-refractivity contribution in [2.75, 3.05) is 13.1 Å². The van der Waals surface area contributed by atoms with Gasteiger partial charge in [0, 0.05) is 12.0 Å². The van der Waals surface area contributed by atoms with E-state index >= 15 is 0 Å². The van der Waals surface area contributed by atoms with E-state index in [9.17, 15) is 4.79 Å². The zero-order valence-corrected chi connectivity index (χ0v) is 10.8. The van der Waals surface area contributed by atoms with Crippen molar-refractivity contribution in [2.24, 2.45) is 5.41 Å². The van der Waals surface area contributed by atoms with Crippen LogP contribution in [0.5, 0.6) is 5.75 Å². The van der Waals surface area contributed by atoms with Crippen molar-refractivity contribution in [3.8, 4) is 5.75 Å². The van der Waals surface area contributed by atoms with E-state index in [-0.39, 0.29) is 11.5 Å². The van der Waals surface area contributed by atoms with Crippen molar-refractivity contribution < 1.29 is 14.3 Å². The zero-order valence-electron chi connectivity index (χ0n) is 10.8. The van der Waals surface area contributed by atoms with Crippen molar-refractivity contribution in [2.45, 2.75) is 26.4 Å². The summed E-state index contributed by atoms with van der Waals surface area (Å²) in [7, 11) is 0. The van der Waals surface area contributed by atoms with E-state index in [0.29, 0.717) is 5.75 Å². The highest BCUT2D eigenvalue weighted by Gasteiger charge is 2.35. The summed E-state index contributed by atoms with van der Waals surface area (Å²) in [5.41, 5.74) is -0.0615. The first kappa shape index (κ1) is 12.9. The Morgan fingerprint density at radius 2 is 2.06 bits per heavy atom. The lowest BCUT2D eigenvalue weighted by Crippen LogP contribution is -2.48. The third-order valence-corrected chi connectivity index (χ3v) is 3.22. The third-order valence-electron chi connectivity index (χ3n) is 3.22. The van der Waals surface area contributed by atoms with Crippen molar-refractivity contribution in [3.05, 3.63) is 30.3 Å². The van der Waals surface area contributed by atoms with Crippen LogP contribution in [-0.4, -0.2) is 25.3 Å². The van der Waals surface area contributed by atoms with Crippen molar-refractivity contribution in [1.82, 2.24) is 5.32 Å². The van der Waals surface area contributed by atoms with E-state index in [1.54, 1.807) is 12.1 Å². The first-order valence-corrected chi connectivity index (χ1v) is 6.22. The van der Waals surface area contributed by atoms with Gasteiger partial charge < -0.3 is 14.8 Å². The number of piperidine rings is 1. The van der Waals surface area contributed by atoms with Gasteiger partial charge in [0.1, 0.15) is 11.9 Å². The van der Waals surface area contributed by atoms with Gasteiger partial charge in [-0.3, -0.25) is 0 Å². The van der Waals surface area contributed by atoms with Gasteiger partial charge in [-0.15, -0.1) is 0 Å². The highest BCUT2D eigenvalue weighted by atomic mass is 16.7. The van der Waals surface area contributed by atoms with Crippen LogP contribution in [0.4, 0.5) is 4.79 Å². The largest absolute Gasteiger partial charge is 0.514 e. The second-order valence-electron chi connectivity index (χ2n) is 5.23. The van der Waals surface area contributed by atoms with E-state index in [2.05, 4.69) is 19.2 Å². The molecule has 1 N–H and O–H groups in total. The minimum atomic E-state index is -0.624. The normalized spacial score (nSPS) is 22.2. The van der Waals surface area contributed by atoms with Gasteiger partial charge in [-0.2, -0.15) is 0 Å². The fourth-order valence-corrected chi connectivity index (χ4v) is 2.09. The SMILES string of the molecule is CC1(C)CNCCC1OC(=O)Oc1ccccc1. The van der Waals surface area contributed by atoms with Crippen LogP contribution in [0.2, 0.25) is 0 Å². The predicted octanol–water partition coefficient (Wildman–Crippen LogP) is 2.59. The first-order chi connectivity index (χ1) is 8.58.